The van der Waals surface area contributed by atoms with Crippen LogP contribution in [0, 0.1) is 0 Å². The topological polar surface area (TPSA) is 52.7 Å². The van der Waals surface area contributed by atoms with Gasteiger partial charge in [0.05, 0.1) is 6.04 Å². The second kappa shape index (κ2) is 6.84. The summed E-state index contributed by atoms with van der Waals surface area (Å²) in [5.74, 6) is 0.0160. The SMILES string of the molecule is NC(C1CN(c2ccccc2)CCN1c1cccc(O)c1)C(F)(F)F. The maximum atomic E-state index is 13.3. The number of aromatic hydroxyl groups is 1. The van der Waals surface area contributed by atoms with Gasteiger partial charge in [-0.2, -0.15) is 13.2 Å². The number of nitrogens with zero attached hydrogens (tertiary/aromatic N) is 2. The third-order valence-corrected chi connectivity index (χ3v) is 4.49. The van der Waals surface area contributed by atoms with Gasteiger partial charge in [0, 0.05) is 37.1 Å². The zero-order valence-electron chi connectivity index (χ0n) is 13.5. The first kappa shape index (κ1) is 17.4. The number of alkyl halides is 3. The van der Waals surface area contributed by atoms with Crippen LogP contribution in [-0.4, -0.2) is 43.0 Å². The number of hydrogen-bond donors (Lipinski definition) is 2. The van der Waals surface area contributed by atoms with Gasteiger partial charge in [0.25, 0.3) is 0 Å². The molecule has 1 fully saturated rings. The van der Waals surface area contributed by atoms with Gasteiger partial charge in [-0.3, -0.25) is 0 Å². The Labute approximate surface area is 144 Å². The third kappa shape index (κ3) is 3.82. The summed E-state index contributed by atoms with van der Waals surface area (Å²) in [4.78, 5) is 3.55. The van der Waals surface area contributed by atoms with Crippen LogP contribution in [0.15, 0.2) is 54.6 Å². The lowest BCUT2D eigenvalue weighted by Crippen LogP contribution is -2.64. The van der Waals surface area contributed by atoms with Gasteiger partial charge in [-0.1, -0.05) is 24.3 Å². The molecule has 1 heterocycles. The Morgan fingerprint density at radius 3 is 2.32 bits per heavy atom. The van der Waals surface area contributed by atoms with Crippen molar-refractivity contribution < 1.29 is 18.3 Å². The quantitative estimate of drug-likeness (QED) is 0.893. The van der Waals surface area contributed by atoms with Crippen LogP contribution in [0.1, 0.15) is 0 Å². The number of phenolic OH excluding ortho intramolecular Hbond substituents is 1. The smallest absolute Gasteiger partial charge is 0.405 e. The van der Waals surface area contributed by atoms with Crippen molar-refractivity contribution in [1.29, 1.82) is 0 Å². The van der Waals surface area contributed by atoms with Crippen LogP contribution < -0.4 is 15.5 Å². The summed E-state index contributed by atoms with van der Waals surface area (Å²) in [6, 6.07) is 12.7. The fourth-order valence-electron chi connectivity index (χ4n) is 3.20. The number of nitrogens with two attached hydrogens (primary N) is 1. The van der Waals surface area contributed by atoms with Crippen LogP contribution in [0.25, 0.3) is 0 Å². The Morgan fingerprint density at radius 2 is 1.68 bits per heavy atom. The number of anilines is 2. The molecule has 0 bridgehead atoms. The van der Waals surface area contributed by atoms with Crippen molar-refractivity contribution in [3.05, 3.63) is 54.6 Å². The summed E-state index contributed by atoms with van der Waals surface area (Å²) in [6.45, 7) is 1.11. The highest BCUT2D eigenvalue weighted by molar-refractivity contribution is 5.55. The lowest BCUT2D eigenvalue weighted by Gasteiger charge is -2.46. The van der Waals surface area contributed by atoms with Crippen LogP contribution in [0.5, 0.6) is 5.75 Å². The van der Waals surface area contributed by atoms with Gasteiger partial charge in [0.1, 0.15) is 11.8 Å². The predicted octanol–water partition coefficient (Wildman–Crippen LogP) is 2.98. The Bertz CT molecular complexity index is 708. The monoisotopic (exact) mass is 351 g/mol. The summed E-state index contributed by atoms with van der Waals surface area (Å²) in [7, 11) is 0. The molecule has 0 amide bonds. The van der Waals surface area contributed by atoms with E-state index in [9.17, 15) is 18.3 Å². The summed E-state index contributed by atoms with van der Waals surface area (Å²) in [6.07, 6.45) is -4.50. The molecule has 1 aliphatic heterocycles. The first-order valence-corrected chi connectivity index (χ1v) is 8.04. The highest BCUT2D eigenvalue weighted by Crippen LogP contribution is 2.31. The summed E-state index contributed by atoms with van der Waals surface area (Å²) >= 11 is 0. The number of benzene rings is 2. The fraction of sp³-hybridized carbons (Fsp3) is 0.333. The predicted molar refractivity (Wildman–Crippen MR) is 91.9 cm³/mol. The fourth-order valence-corrected chi connectivity index (χ4v) is 3.20. The molecule has 0 saturated carbocycles. The molecule has 2 aromatic carbocycles. The number of phenols is 1. The summed E-state index contributed by atoms with van der Waals surface area (Å²) < 4.78 is 39.9. The van der Waals surface area contributed by atoms with Crippen LogP contribution in [0.3, 0.4) is 0 Å². The second-order valence-corrected chi connectivity index (χ2v) is 6.13. The molecule has 0 spiro atoms. The first-order chi connectivity index (χ1) is 11.9. The van der Waals surface area contributed by atoms with Gasteiger partial charge < -0.3 is 20.6 Å². The van der Waals surface area contributed by atoms with Gasteiger partial charge in [0.2, 0.25) is 0 Å². The Kier molecular flexibility index (Phi) is 4.76. The normalized spacial score (nSPS) is 19.8. The van der Waals surface area contributed by atoms with E-state index in [1.54, 1.807) is 17.0 Å². The Hall–Kier alpha value is -2.41. The molecule has 134 valence electrons. The van der Waals surface area contributed by atoms with E-state index >= 15 is 0 Å². The molecule has 1 aliphatic rings. The van der Waals surface area contributed by atoms with Gasteiger partial charge in [-0.15, -0.1) is 0 Å². The largest absolute Gasteiger partial charge is 0.508 e. The molecule has 25 heavy (non-hydrogen) atoms. The van der Waals surface area contributed by atoms with Crippen LogP contribution in [0.2, 0.25) is 0 Å². The lowest BCUT2D eigenvalue weighted by molar-refractivity contribution is -0.152. The average Bonchev–Trinajstić information content (AvgIpc) is 2.60. The molecule has 0 radical (unpaired) electrons. The van der Waals surface area contributed by atoms with Crippen molar-refractivity contribution in [1.82, 2.24) is 0 Å². The van der Waals surface area contributed by atoms with E-state index in [1.165, 1.54) is 12.1 Å². The zero-order valence-corrected chi connectivity index (χ0v) is 13.5. The van der Waals surface area contributed by atoms with Crippen molar-refractivity contribution in [3.63, 3.8) is 0 Å². The Morgan fingerprint density at radius 1 is 1.00 bits per heavy atom. The number of rotatable bonds is 3. The van der Waals surface area contributed by atoms with Crippen molar-refractivity contribution in [2.24, 2.45) is 5.73 Å². The van der Waals surface area contributed by atoms with E-state index in [0.717, 1.165) is 5.69 Å². The molecule has 0 aromatic heterocycles. The van der Waals surface area contributed by atoms with Gasteiger partial charge in [-0.05, 0) is 24.3 Å². The molecule has 1 saturated heterocycles. The molecule has 7 heteroatoms. The molecular formula is C18H20F3N3O. The molecule has 0 aliphatic carbocycles. The summed E-state index contributed by atoms with van der Waals surface area (Å²) in [5.41, 5.74) is 6.99. The zero-order chi connectivity index (χ0) is 18.0. The number of piperazine rings is 1. The van der Waals surface area contributed by atoms with E-state index in [2.05, 4.69) is 0 Å². The third-order valence-electron chi connectivity index (χ3n) is 4.49. The van der Waals surface area contributed by atoms with Crippen LogP contribution in [-0.2, 0) is 0 Å². The first-order valence-electron chi connectivity index (χ1n) is 8.04. The van der Waals surface area contributed by atoms with Crippen molar-refractivity contribution in [2.75, 3.05) is 29.4 Å². The van der Waals surface area contributed by atoms with Gasteiger partial charge in [0.15, 0.2) is 0 Å². The van der Waals surface area contributed by atoms with Crippen LogP contribution >= 0.6 is 0 Å². The lowest BCUT2D eigenvalue weighted by atomic mass is 10.0. The molecule has 3 N–H and O–H groups in total. The number of halogens is 3. The molecule has 3 rings (SSSR count). The number of para-hydroxylation sites is 1. The highest BCUT2D eigenvalue weighted by atomic mass is 19.4. The molecule has 2 unspecified atom stereocenters. The second-order valence-electron chi connectivity index (χ2n) is 6.13. The minimum atomic E-state index is -4.50. The van der Waals surface area contributed by atoms with E-state index < -0.39 is 18.3 Å². The van der Waals surface area contributed by atoms with E-state index in [-0.39, 0.29) is 12.3 Å². The van der Waals surface area contributed by atoms with Gasteiger partial charge >= 0.3 is 6.18 Å². The average molecular weight is 351 g/mol. The standard InChI is InChI=1S/C18H20F3N3O/c19-18(20,21)17(22)16-12-23(13-5-2-1-3-6-13)9-10-24(16)14-7-4-8-15(25)11-14/h1-8,11,16-17,25H,9-10,12,22H2. The highest BCUT2D eigenvalue weighted by Gasteiger charge is 2.46. The van der Waals surface area contributed by atoms with Crippen molar-refractivity contribution in [3.8, 4) is 5.75 Å². The van der Waals surface area contributed by atoms with E-state index in [1.807, 2.05) is 35.2 Å². The number of hydrogen-bond acceptors (Lipinski definition) is 4. The Balaban J connectivity index is 1.91. The van der Waals surface area contributed by atoms with Crippen LogP contribution in [0.4, 0.5) is 24.5 Å². The van der Waals surface area contributed by atoms with Gasteiger partial charge in [-0.25, -0.2) is 0 Å². The summed E-state index contributed by atoms with van der Waals surface area (Å²) in [5, 5.41) is 9.67. The molecular weight excluding hydrogens is 331 g/mol. The van der Waals surface area contributed by atoms with E-state index in [0.29, 0.717) is 18.8 Å². The van der Waals surface area contributed by atoms with Crippen molar-refractivity contribution >= 4 is 11.4 Å². The molecule has 2 aromatic rings. The molecule has 4 nitrogen and oxygen atoms in total. The maximum absolute atomic E-state index is 13.3. The maximum Gasteiger partial charge on any atom is 0.405 e. The minimum Gasteiger partial charge on any atom is -0.508 e. The van der Waals surface area contributed by atoms with Crippen molar-refractivity contribution in [2.45, 2.75) is 18.3 Å². The van der Waals surface area contributed by atoms with E-state index in [4.69, 9.17) is 5.73 Å². The molecule has 2 atom stereocenters. The minimum absolute atomic E-state index is 0.0160.